The van der Waals surface area contributed by atoms with E-state index in [0.29, 0.717) is 0 Å². The molecule has 4 nitrogen and oxygen atoms in total. The third kappa shape index (κ3) is 1.57. The van der Waals surface area contributed by atoms with Crippen LogP contribution in [0.4, 0.5) is 0 Å². The van der Waals surface area contributed by atoms with Crippen molar-refractivity contribution in [1.29, 1.82) is 0 Å². The highest BCUT2D eigenvalue weighted by atomic mass is 32.2. The second-order valence-corrected chi connectivity index (χ2v) is 2.84. The molecule has 0 saturated carbocycles. The summed E-state index contributed by atoms with van der Waals surface area (Å²) in [6.45, 7) is 0.113. The summed E-state index contributed by atoms with van der Waals surface area (Å²) >= 11 is 0.907. The van der Waals surface area contributed by atoms with Crippen LogP contribution in [0.15, 0.2) is 0 Å². The minimum Gasteiger partial charge on any atom is -0.479 e. The van der Waals surface area contributed by atoms with Gasteiger partial charge in [-0.1, -0.05) is 11.8 Å². The summed E-state index contributed by atoms with van der Waals surface area (Å²) < 4.78 is 4.64. The van der Waals surface area contributed by atoms with Crippen molar-refractivity contribution < 1.29 is 19.7 Å². The molecule has 0 spiro atoms. The molecule has 2 N–H and O–H groups in total. The van der Waals surface area contributed by atoms with E-state index in [2.05, 4.69) is 4.74 Å². The second-order valence-electron chi connectivity index (χ2n) is 1.59. The van der Waals surface area contributed by atoms with Gasteiger partial charge in [0.2, 0.25) is 5.44 Å². The van der Waals surface area contributed by atoms with Crippen LogP contribution in [-0.4, -0.2) is 33.7 Å². The zero-order chi connectivity index (χ0) is 6.85. The number of rotatable bonds is 1. The van der Waals surface area contributed by atoms with Gasteiger partial charge in [0.1, 0.15) is 5.44 Å². The molecule has 2 atom stereocenters. The first kappa shape index (κ1) is 6.85. The number of ether oxygens (including phenoxy) is 1. The maximum absolute atomic E-state index is 10.1. The highest BCUT2D eigenvalue weighted by molar-refractivity contribution is 8.01. The first-order chi connectivity index (χ1) is 4.20. The Morgan fingerprint density at radius 1 is 1.78 bits per heavy atom. The molecule has 0 unspecified atom stereocenters. The lowest BCUT2D eigenvalue weighted by Gasteiger charge is -1.98. The fourth-order valence-electron chi connectivity index (χ4n) is 0.520. The molecular formula is C4H6O4S. The van der Waals surface area contributed by atoms with E-state index in [4.69, 9.17) is 10.2 Å². The van der Waals surface area contributed by atoms with Gasteiger partial charge in [-0.15, -0.1) is 0 Å². The maximum atomic E-state index is 10.1. The molecule has 0 amide bonds. The summed E-state index contributed by atoms with van der Waals surface area (Å²) in [4.78, 5) is 10.1. The second kappa shape index (κ2) is 2.55. The lowest BCUT2D eigenvalue weighted by atomic mass is 10.7. The van der Waals surface area contributed by atoms with E-state index in [1.54, 1.807) is 0 Å². The summed E-state index contributed by atoms with van der Waals surface area (Å²) in [5.41, 5.74) is -1.55. The van der Waals surface area contributed by atoms with Gasteiger partial charge < -0.3 is 14.9 Å². The van der Waals surface area contributed by atoms with Crippen LogP contribution in [0.25, 0.3) is 0 Å². The predicted molar refractivity (Wildman–Crippen MR) is 31.0 cm³/mol. The van der Waals surface area contributed by atoms with Crippen LogP contribution in [0, 0.1) is 0 Å². The van der Waals surface area contributed by atoms with Crippen LogP contribution < -0.4 is 0 Å². The number of carbonyl (C=O) groups is 1. The van der Waals surface area contributed by atoms with Crippen LogP contribution in [-0.2, 0) is 9.53 Å². The van der Waals surface area contributed by atoms with Crippen LogP contribution in [0.3, 0.4) is 0 Å². The van der Waals surface area contributed by atoms with Gasteiger partial charge in [0.05, 0.1) is 6.61 Å². The molecule has 5 heteroatoms. The van der Waals surface area contributed by atoms with E-state index < -0.39 is 16.8 Å². The zero-order valence-electron chi connectivity index (χ0n) is 4.48. The molecule has 0 bridgehead atoms. The van der Waals surface area contributed by atoms with Crippen molar-refractivity contribution in [2.24, 2.45) is 0 Å². The number of hydrogen-bond acceptors (Lipinski definition) is 4. The van der Waals surface area contributed by atoms with Gasteiger partial charge in [0, 0.05) is 0 Å². The minimum atomic E-state index is -1.03. The average Bonchev–Trinajstić information content (AvgIpc) is 2.14. The first-order valence-electron chi connectivity index (χ1n) is 2.38. The van der Waals surface area contributed by atoms with Crippen molar-refractivity contribution in [3.05, 3.63) is 0 Å². The number of aliphatic hydroxyl groups is 1. The molecule has 1 heterocycles. The van der Waals surface area contributed by atoms with Gasteiger partial charge >= 0.3 is 5.97 Å². The molecule has 9 heavy (non-hydrogen) atoms. The Balaban J connectivity index is 2.39. The SMILES string of the molecule is O=C(O)[C@@H]1OC[C@H](O)S1. The lowest BCUT2D eigenvalue weighted by molar-refractivity contribution is -0.143. The normalized spacial score (nSPS) is 34.8. The highest BCUT2D eigenvalue weighted by Crippen LogP contribution is 2.24. The smallest absolute Gasteiger partial charge is 0.343 e. The van der Waals surface area contributed by atoms with E-state index in [-0.39, 0.29) is 6.61 Å². The van der Waals surface area contributed by atoms with Gasteiger partial charge in [-0.25, -0.2) is 4.79 Å². The van der Waals surface area contributed by atoms with E-state index in [1.807, 2.05) is 0 Å². The molecule has 1 saturated heterocycles. The molecule has 0 radical (unpaired) electrons. The highest BCUT2D eigenvalue weighted by Gasteiger charge is 2.29. The van der Waals surface area contributed by atoms with Gasteiger partial charge in [-0.3, -0.25) is 0 Å². The summed E-state index contributed by atoms with van der Waals surface area (Å²) in [6, 6.07) is 0. The van der Waals surface area contributed by atoms with E-state index in [9.17, 15) is 4.79 Å². The van der Waals surface area contributed by atoms with Gasteiger partial charge in [-0.05, 0) is 0 Å². The van der Waals surface area contributed by atoms with E-state index in [0.717, 1.165) is 11.8 Å². The topological polar surface area (TPSA) is 66.8 Å². The largest absolute Gasteiger partial charge is 0.479 e. The standard InChI is InChI=1S/C4H6O4S/c5-2-1-8-4(9-2)3(6)7/h2,4-5H,1H2,(H,6,7)/t2-,4-/m1/s1. The van der Waals surface area contributed by atoms with Crippen LogP contribution in [0.2, 0.25) is 0 Å². The fourth-order valence-corrected chi connectivity index (χ4v) is 1.24. The Bertz CT molecular complexity index is 126. The summed E-state index contributed by atoms with van der Waals surface area (Å²) in [5, 5.41) is 17.0. The molecule has 0 aromatic carbocycles. The maximum Gasteiger partial charge on any atom is 0.343 e. The molecule has 1 aliphatic heterocycles. The number of carboxylic acids is 1. The predicted octanol–water partition coefficient (Wildman–Crippen LogP) is -0.521. The van der Waals surface area contributed by atoms with Crippen LogP contribution in [0.1, 0.15) is 0 Å². The molecule has 0 aromatic rings. The molecule has 52 valence electrons. The van der Waals surface area contributed by atoms with Gasteiger partial charge in [-0.2, -0.15) is 0 Å². The molecule has 0 aromatic heterocycles. The monoisotopic (exact) mass is 150 g/mol. The van der Waals surface area contributed by atoms with E-state index >= 15 is 0 Å². The fraction of sp³-hybridized carbons (Fsp3) is 0.750. The number of aliphatic carboxylic acids is 1. The lowest BCUT2D eigenvalue weighted by Crippen LogP contribution is -2.14. The minimum absolute atomic E-state index is 0.113. The Kier molecular flexibility index (Phi) is 1.94. The third-order valence-corrected chi connectivity index (χ3v) is 1.91. The number of thioether (sulfide) groups is 1. The number of aliphatic hydroxyl groups excluding tert-OH is 1. The summed E-state index contributed by atoms with van der Waals surface area (Å²) in [6.07, 6.45) is 0. The first-order valence-corrected chi connectivity index (χ1v) is 3.32. The Morgan fingerprint density at radius 2 is 2.44 bits per heavy atom. The third-order valence-electron chi connectivity index (χ3n) is 0.872. The van der Waals surface area contributed by atoms with Crippen molar-refractivity contribution in [3.8, 4) is 0 Å². The zero-order valence-corrected chi connectivity index (χ0v) is 5.30. The van der Waals surface area contributed by atoms with Crippen molar-refractivity contribution >= 4 is 17.7 Å². The quantitative estimate of drug-likeness (QED) is 0.526. The summed E-state index contributed by atoms with van der Waals surface area (Å²) in [7, 11) is 0. The Hall–Kier alpha value is -0.260. The van der Waals surface area contributed by atoms with Crippen molar-refractivity contribution in [2.75, 3.05) is 6.61 Å². The van der Waals surface area contributed by atoms with E-state index in [1.165, 1.54) is 0 Å². The summed E-state index contributed by atoms with van der Waals surface area (Å²) in [5.74, 6) is -1.03. The number of carboxylic acid groups (broad SMARTS) is 1. The van der Waals surface area contributed by atoms with Gasteiger partial charge in [0.15, 0.2) is 0 Å². The van der Waals surface area contributed by atoms with Crippen molar-refractivity contribution in [2.45, 2.75) is 10.9 Å². The molecule has 1 aliphatic rings. The van der Waals surface area contributed by atoms with Crippen molar-refractivity contribution in [1.82, 2.24) is 0 Å². The molecular weight excluding hydrogens is 144 g/mol. The Labute approximate surface area is 55.8 Å². The molecule has 1 rings (SSSR count). The average molecular weight is 150 g/mol. The Morgan fingerprint density at radius 3 is 2.67 bits per heavy atom. The van der Waals surface area contributed by atoms with Crippen LogP contribution >= 0.6 is 11.8 Å². The number of hydrogen-bond donors (Lipinski definition) is 2. The molecule has 0 aliphatic carbocycles. The van der Waals surface area contributed by atoms with Crippen LogP contribution in [0.5, 0.6) is 0 Å². The van der Waals surface area contributed by atoms with Crippen molar-refractivity contribution in [3.63, 3.8) is 0 Å². The van der Waals surface area contributed by atoms with Gasteiger partial charge in [0.25, 0.3) is 0 Å². The molecule has 1 fully saturated rings.